The highest BCUT2D eigenvalue weighted by Crippen LogP contribution is 2.17. The SMILES string of the molecule is NC(=O)c1ccccc1NC(=O)Cc1ccc2cc[nH]c2c1. The average Bonchev–Trinajstić information content (AvgIpc) is 2.95. The lowest BCUT2D eigenvalue weighted by atomic mass is 10.1. The molecule has 0 bridgehead atoms. The molecular weight excluding hydrogens is 278 g/mol. The maximum absolute atomic E-state index is 12.2. The van der Waals surface area contributed by atoms with E-state index in [4.69, 9.17) is 5.73 Å². The van der Waals surface area contributed by atoms with E-state index in [0.717, 1.165) is 16.5 Å². The first kappa shape index (κ1) is 13.9. The van der Waals surface area contributed by atoms with Gasteiger partial charge in [0.1, 0.15) is 0 Å². The number of nitrogens with two attached hydrogens (primary N) is 1. The van der Waals surface area contributed by atoms with Gasteiger partial charge in [-0.1, -0.05) is 24.3 Å². The Bertz CT molecular complexity index is 852. The smallest absolute Gasteiger partial charge is 0.250 e. The Kier molecular flexibility index (Phi) is 3.62. The summed E-state index contributed by atoms with van der Waals surface area (Å²) in [6.45, 7) is 0. The van der Waals surface area contributed by atoms with Gasteiger partial charge in [0.2, 0.25) is 5.91 Å². The number of H-pyrrole nitrogens is 1. The third-order valence-electron chi connectivity index (χ3n) is 3.45. The summed E-state index contributed by atoms with van der Waals surface area (Å²) >= 11 is 0. The lowest BCUT2D eigenvalue weighted by Gasteiger charge is -2.09. The van der Waals surface area contributed by atoms with Crippen LogP contribution in [-0.4, -0.2) is 16.8 Å². The molecule has 0 spiro atoms. The van der Waals surface area contributed by atoms with Gasteiger partial charge in [0, 0.05) is 11.7 Å². The number of rotatable bonds is 4. The zero-order valence-electron chi connectivity index (χ0n) is 11.8. The van der Waals surface area contributed by atoms with Crippen molar-refractivity contribution in [2.45, 2.75) is 6.42 Å². The van der Waals surface area contributed by atoms with E-state index in [1.807, 2.05) is 30.5 Å². The van der Waals surface area contributed by atoms with Crippen LogP contribution in [0, 0.1) is 0 Å². The molecule has 2 aromatic carbocycles. The van der Waals surface area contributed by atoms with E-state index in [1.165, 1.54) is 0 Å². The molecule has 0 saturated heterocycles. The van der Waals surface area contributed by atoms with E-state index in [-0.39, 0.29) is 12.3 Å². The zero-order chi connectivity index (χ0) is 15.5. The number of primary amides is 1. The zero-order valence-corrected chi connectivity index (χ0v) is 11.8. The Morgan fingerprint density at radius 2 is 1.91 bits per heavy atom. The van der Waals surface area contributed by atoms with Crippen molar-refractivity contribution in [1.82, 2.24) is 4.98 Å². The van der Waals surface area contributed by atoms with Gasteiger partial charge in [-0.15, -0.1) is 0 Å². The molecule has 0 saturated carbocycles. The Morgan fingerprint density at radius 1 is 1.09 bits per heavy atom. The van der Waals surface area contributed by atoms with Crippen molar-refractivity contribution in [1.29, 1.82) is 0 Å². The molecule has 1 aromatic heterocycles. The van der Waals surface area contributed by atoms with Crippen LogP contribution >= 0.6 is 0 Å². The monoisotopic (exact) mass is 293 g/mol. The number of hydrogen-bond acceptors (Lipinski definition) is 2. The predicted octanol–water partition coefficient (Wildman–Crippen LogP) is 2.45. The molecule has 3 rings (SSSR count). The van der Waals surface area contributed by atoms with Crippen molar-refractivity contribution >= 4 is 28.4 Å². The van der Waals surface area contributed by atoms with Crippen LogP contribution < -0.4 is 11.1 Å². The lowest BCUT2D eigenvalue weighted by molar-refractivity contribution is -0.115. The summed E-state index contributed by atoms with van der Waals surface area (Å²) in [6, 6.07) is 14.5. The molecule has 110 valence electrons. The number of para-hydroxylation sites is 1. The van der Waals surface area contributed by atoms with E-state index < -0.39 is 5.91 Å². The van der Waals surface area contributed by atoms with Gasteiger partial charge in [-0.25, -0.2) is 0 Å². The normalized spacial score (nSPS) is 10.5. The molecule has 4 N–H and O–H groups in total. The lowest BCUT2D eigenvalue weighted by Crippen LogP contribution is -2.19. The van der Waals surface area contributed by atoms with Crippen LogP contribution in [0.2, 0.25) is 0 Å². The van der Waals surface area contributed by atoms with Crippen molar-refractivity contribution in [2.24, 2.45) is 5.73 Å². The minimum atomic E-state index is -0.566. The highest BCUT2D eigenvalue weighted by Gasteiger charge is 2.11. The molecule has 0 unspecified atom stereocenters. The van der Waals surface area contributed by atoms with Gasteiger partial charge >= 0.3 is 0 Å². The molecule has 2 amide bonds. The van der Waals surface area contributed by atoms with Crippen molar-refractivity contribution in [3.05, 3.63) is 65.9 Å². The first-order chi connectivity index (χ1) is 10.6. The fourth-order valence-electron chi connectivity index (χ4n) is 2.39. The molecule has 5 nitrogen and oxygen atoms in total. The summed E-state index contributed by atoms with van der Waals surface area (Å²) in [5, 5.41) is 3.83. The topological polar surface area (TPSA) is 88.0 Å². The maximum atomic E-state index is 12.2. The van der Waals surface area contributed by atoms with Crippen LogP contribution in [0.25, 0.3) is 10.9 Å². The second kappa shape index (κ2) is 5.73. The molecule has 0 atom stereocenters. The molecule has 0 aliphatic rings. The molecule has 0 aliphatic heterocycles. The number of aromatic amines is 1. The van der Waals surface area contributed by atoms with Crippen molar-refractivity contribution < 1.29 is 9.59 Å². The van der Waals surface area contributed by atoms with Crippen molar-refractivity contribution in [3.8, 4) is 0 Å². The van der Waals surface area contributed by atoms with Gasteiger partial charge in [0.05, 0.1) is 17.7 Å². The van der Waals surface area contributed by atoms with Gasteiger partial charge in [0.15, 0.2) is 0 Å². The molecule has 1 heterocycles. The summed E-state index contributed by atoms with van der Waals surface area (Å²) in [5.74, 6) is -0.761. The molecule has 3 aromatic rings. The second-order valence-corrected chi connectivity index (χ2v) is 5.03. The quantitative estimate of drug-likeness (QED) is 0.690. The molecule has 0 fully saturated rings. The fourth-order valence-corrected chi connectivity index (χ4v) is 2.39. The van der Waals surface area contributed by atoms with Crippen LogP contribution in [-0.2, 0) is 11.2 Å². The molecule has 0 aliphatic carbocycles. The van der Waals surface area contributed by atoms with Crippen LogP contribution in [0.5, 0.6) is 0 Å². The fraction of sp³-hybridized carbons (Fsp3) is 0.0588. The number of amides is 2. The van der Waals surface area contributed by atoms with Crippen LogP contribution in [0.4, 0.5) is 5.69 Å². The largest absolute Gasteiger partial charge is 0.366 e. The van der Waals surface area contributed by atoms with E-state index in [2.05, 4.69) is 10.3 Å². The van der Waals surface area contributed by atoms with E-state index in [1.54, 1.807) is 24.3 Å². The van der Waals surface area contributed by atoms with E-state index in [9.17, 15) is 9.59 Å². The number of carbonyl (C=O) groups excluding carboxylic acids is 2. The van der Waals surface area contributed by atoms with Crippen molar-refractivity contribution in [3.63, 3.8) is 0 Å². The van der Waals surface area contributed by atoms with E-state index >= 15 is 0 Å². The van der Waals surface area contributed by atoms with Gasteiger partial charge in [-0.05, 0) is 35.2 Å². The first-order valence-corrected chi connectivity index (χ1v) is 6.88. The number of benzene rings is 2. The molecule has 22 heavy (non-hydrogen) atoms. The average molecular weight is 293 g/mol. The third-order valence-corrected chi connectivity index (χ3v) is 3.45. The number of hydrogen-bond donors (Lipinski definition) is 3. The van der Waals surface area contributed by atoms with Gasteiger partial charge < -0.3 is 16.0 Å². The summed E-state index contributed by atoms with van der Waals surface area (Å²) in [4.78, 5) is 26.6. The number of nitrogens with one attached hydrogen (secondary N) is 2. The number of fused-ring (bicyclic) bond motifs is 1. The predicted molar refractivity (Wildman–Crippen MR) is 85.6 cm³/mol. The highest BCUT2D eigenvalue weighted by atomic mass is 16.2. The summed E-state index contributed by atoms with van der Waals surface area (Å²) < 4.78 is 0. The molecule has 5 heteroatoms. The number of aromatic nitrogens is 1. The third kappa shape index (κ3) is 2.83. The number of carbonyl (C=O) groups is 2. The summed E-state index contributed by atoms with van der Waals surface area (Å²) in [5.41, 5.74) is 7.91. The first-order valence-electron chi connectivity index (χ1n) is 6.88. The number of anilines is 1. The van der Waals surface area contributed by atoms with E-state index in [0.29, 0.717) is 11.3 Å². The summed E-state index contributed by atoms with van der Waals surface area (Å²) in [6.07, 6.45) is 2.08. The van der Waals surface area contributed by atoms with Gasteiger partial charge in [-0.3, -0.25) is 9.59 Å². The minimum absolute atomic E-state index is 0.195. The Balaban J connectivity index is 1.76. The minimum Gasteiger partial charge on any atom is -0.366 e. The van der Waals surface area contributed by atoms with Crippen molar-refractivity contribution in [2.75, 3.05) is 5.32 Å². The summed E-state index contributed by atoms with van der Waals surface area (Å²) in [7, 11) is 0. The van der Waals surface area contributed by atoms with Gasteiger partial charge in [-0.2, -0.15) is 0 Å². The second-order valence-electron chi connectivity index (χ2n) is 5.03. The van der Waals surface area contributed by atoms with Crippen LogP contribution in [0.3, 0.4) is 0 Å². The Hall–Kier alpha value is -3.08. The Labute approximate surface area is 127 Å². The molecular formula is C17H15N3O2. The standard InChI is InChI=1S/C17H15N3O2/c18-17(22)13-3-1-2-4-14(13)20-16(21)10-11-5-6-12-7-8-19-15(12)9-11/h1-9,19H,10H2,(H2,18,22)(H,20,21). The maximum Gasteiger partial charge on any atom is 0.250 e. The van der Waals surface area contributed by atoms with Crippen LogP contribution in [0.1, 0.15) is 15.9 Å². The van der Waals surface area contributed by atoms with Crippen LogP contribution in [0.15, 0.2) is 54.7 Å². The van der Waals surface area contributed by atoms with Gasteiger partial charge in [0.25, 0.3) is 5.91 Å². The Morgan fingerprint density at radius 3 is 2.73 bits per heavy atom. The molecule has 0 radical (unpaired) electrons. The highest BCUT2D eigenvalue weighted by molar-refractivity contribution is 6.03.